The fourth-order valence-electron chi connectivity index (χ4n) is 4.90. The number of aromatic hydroxyl groups is 1. The van der Waals surface area contributed by atoms with Crippen LogP contribution in [-0.4, -0.2) is 17.5 Å². The third kappa shape index (κ3) is 5.90. The van der Waals surface area contributed by atoms with Crippen molar-refractivity contribution in [2.45, 2.75) is 77.6 Å². The first-order valence-electron chi connectivity index (χ1n) is 12.0. The van der Waals surface area contributed by atoms with Gasteiger partial charge in [0.2, 0.25) is 5.82 Å². The average Bonchev–Trinajstić information content (AvgIpc) is 2.81. The van der Waals surface area contributed by atoms with Gasteiger partial charge in [-0.1, -0.05) is 31.9 Å². The number of phenols is 1. The first-order chi connectivity index (χ1) is 15.9. The van der Waals surface area contributed by atoms with Crippen LogP contribution in [0.1, 0.15) is 92.6 Å². The van der Waals surface area contributed by atoms with Crippen molar-refractivity contribution in [3.05, 3.63) is 58.4 Å². The Morgan fingerprint density at radius 2 is 1.73 bits per heavy atom. The summed E-state index contributed by atoms with van der Waals surface area (Å²) < 4.78 is 48.7. The van der Waals surface area contributed by atoms with Crippen LogP contribution < -0.4 is 4.74 Å². The van der Waals surface area contributed by atoms with E-state index in [2.05, 4.69) is 6.92 Å². The molecule has 6 heteroatoms. The van der Waals surface area contributed by atoms with Crippen LogP contribution in [0.25, 0.3) is 0 Å². The number of rotatable bonds is 10. The number of carbonyl (C=O) groups excluding carboxylic acids is 1. The number of benzene rings is 2. The summed E-state index contributed by atoms with van der Waals surface area (Å²) >= 11 is 0. The van der Waals surface area contributed by atoms with Crippen LogP contribution in [0.4, 0.5) is 13.2 Å². The summed E-state index contributed by atoms with van der Waals surface area (Å²) in [6.45, 7) is 4.08. The Hall–Kier alpha value is -2.50. The number of aryl methyl sites for hydroxylation is 1. The normalized spacial score (nSPS) is 18.3. The SMILES string of the molecule is CCCC1CCC(c2ccc(CCCC(=O)c3ccc(OCC)c(F)c3O)c(F)c2F)CC1. The molecule has 0 bridgehead atoms. The Morgan fingerprint density at radius 3 is 2.39 bits per heavy atom. The third-order valence-electron chi connectivity index (χ3n) is 6.71. The van der Waals surface area contributed by atoms with Crippen LogP contribution in [0.2, 0.25) is 0 Å². The van der Waals surface area contributed by atoms with E-state index < -0.39 is 29.0 Å². The standard InChI is InChI=1S/C27H33F3O3/c1-3-6-17-9-11-18(12-10-17)20-14-13-19(24(28)25(20)29)7-5-8-22(31)21-15-16-23(33-4-2)26(30)27(21)32/h13-18,32H,3-12H2,1-2H3. The van der Waals surface area contributed by atoms with E-state index in [1.54, 1.807) is 19.1 Å². The molecule has 3 rings (SSSR count). The fraction of sp³-hybridized carbons (Fsp3) is 0.519. The molecule has 180 valence electrons. The molecule has 1 aliphatic rings. The van der Waals surface area contributed by atoms with E-state index >= 15 is 0 Å². The second kappa shape index (κ2) is 11.6. The van der Waals surface area contributed by atoms with Crippen molar-refractivity contribution < 1.29 is 27.8 Å². The fourth-order valence-corrected chi connectivity index (χ4v) is 4.90. The summed E-state index contributed by atoms with van der Waals surface area (Å²) in [5.41, 5.74) is 0.541. The minimum absolute atomic E-state index is 0.0226. The summed E-state index contributed by atoms with van der Waals surface area (Å²) in [6.07, 6.45) is 6.65. The molecule has 1 aliphatic carbocycles. The molecule has 1 fully saturated rings. The van der Waals surface area contributed by atoms with Gasteiger partial charge in [-0.3, -0.25) is 4.79 Å². The lowest BCUT2D eigenvalue weighted by atomic mass is 9.77. The van der Waals surface area contributed by atoms with Crippen LogP contribution in [0.15, 0.2) is 24.3 Å². The number of Topliss-reactive ketones (excluding diaryl/α,β-unsaturated/α-hetero) is 1. The highest BCUT2D eigenvalue weighted by Crippen LogP contribution is 2.39. The maximum atomic E-state index is 14.8. The Balaban J connectivity index is 1.59. The summed E-state index contributed by atoms with van der Waals surface area (Å²) in [5, 5.41) is 9.99. The number of hydrogen-bond acceptors (Lipinski definition) is 3. The van der Waals surface area contributed by atoms with Crippen molar-refractivity contribution in [3.8, 4) is 11.5 Å². The topological polar surface area (TPSA) is 46.5 Å². The van der Waals surface area contributed by atoms with E-state index in [-0.39, 0.29) is 48.7 Å². The molecule has 0 aliphatic heterocycles. The minimum Gasteiger partial charge on any atom is -0.504 e. The number of phenolic OH excluding ortho intramolecular Hbond substituents is 1. The van der Waals surface area contributed by atoms with Crippen molar-refractivity contribution >= 4 is 5.78 Å². The van der Waals surface area contributed by atoms with E-state index in [1.165, 1.54) is 18.6 Å². The van der Waals surface area contributed by atoms with E-state index in [0.717, 1.165) is 32.1 Å². The van der Waals surface area contributed by atoms with Gasteiger partial charge in [-0.15, -0.1) is 0 Å². The van der Waals surface area contributed by atoms with Crippen molar-refractivity contribution in [1.82, 2.24) is 0 Å². The van der Waals surface area contributed by atoms with Gasteiger partial charge in [-0.05, 0) is 80.5 Å². The third-order valence-corrected chi connectivity index (χ3v) is 6.71. The Labute approximate surface area is 194 Å². The van der Waals surface area contributed by atoms with Gasteiger partial charge in [0.15, 0.2) is 28.9 Å². The Bertz CT molecular complexity index is 966. The molecule has 1 N–H and O–H groups in total. The second-order valence-corrected chi connectivity index (χ2v) is 8.93. The maximum Gasteiger partial charge on any atom is 0.207 e. The van der Waals surface area contributed by atoms with Gasteiger partial charge in [-0.2, -0.15) is 4.39 Å². The predicted molar refractivity (Wildman–Crippen MR) is 122 cm³/mol. The molecule has 0 spiro atoms. The molecular weight excluding hydrogens is 429 g/mol. The molecule has 0 heterocycles. The number of halogens is 3. The zero-order chi connectivity index (χ0) is 24.0. The van der Waals surface area contributed by atoms with Crippen molar-refractivity contribution in [3.63, 3.8) is 0 Å². The largest absolute Gasteiger partial charge is 0.504 e. The summed E-state index contributed by atoms with van der Waals surface area (Å²) in [7, 11) is 0. The molecule has 0 atom stereocenters. The number of hydrogen-bond donors (Lipinski definition) is 1. The predicted octanol–water partition coefficient (Wildman–Crippen LogP) is 7.49. The van der Waals surface area contributed by atoms with Crippen molar-refractivity contribution in [2.75, 3.05) is 6.61 Å². The number of ketones is 1. The zero-order valence-electron chi connectivity index (χ0n) is 19.4. The van der Waals surface area contributed by atoms with E-state index in [4.69, 9.17) is 4.74 Å². The monoisotopic (exact) mass is 462 g/mol. The first-order valence-corrected chi connectivity index (χ1v) is 12.0. The second-order valence-electron chi connectivity index (χ2n) is 8.93. The highest BCUT2D eigenvalue weighted by Gasteiger charge is 2.26. The molecule has 1 saturated carbocycles. The molecular formula is C27H33F3O3. The summed E-state index contributed by atoms with van der Waals surface area (Å²) in [5.74, 6) is -3.18. The van der Waals surface area contributed by atoms with E-state index in [0.29, 0.717) is 11.5 Å². The lowest BCUT2D eigenvalue weighted by Crippen LogP contribution is -2.15. The maximum absolute atomic E-state index is 14.8. The van der Waals surface area contributed by atoms with Gasteiger partial charge in [0.25, 0.3) is 0 Å². The molecule has 33 heavy (non-hydrogen) atoms. The zero-order valence-corrected chi connectivity index (χ0v) is 19.4. The van der Waals surface area contributed by atoms with Gasteiger partial charge in [0.05, 0.1) is 12.2 Å². The van der Waals surface area contributed by atoms with Crippen LogP contribution in [0.3, 0.4) is 0 Å². The Morgan fingerprint density at radius 1 is 1.00 bits per heavy atom. The summed E-state index contributed by atoms with van der Waals surface area (Å²) in [6, 6.07) is 5.92. The number of carbonyl (C=O) groups is 1. The highest BCUT2D eigenvalue weighted by molar-refractivity contribution is 5.98. The lowest BCUT2D eigenvalue weighted by molar-refractivity contribution is 0.0976. The first kappa shape index (κ1) is 25.1. The average molecular weight is 463 g/mol. The Kier molecular flexibility index (Phi) is 8.81. The smallest absolute Gasteiger partial charge is 0.207 e. The molecule has 0 amide bonds. The van der Waals surface area contributed by atoms with Crippen molar-refractivity contribution in [1.29, 1.82) is 0 Å². The molecule has 0 radical (unpaired) electrons. The van der Waals surface area contributed by atoms with Crippen LogP contribution in [0.5, 0.6) is 11.5 Å². The van der Waals surface area contributed by atoms with Gasteiger partial charge in [0.1, 0.15) is 0 Å². The van der Waals surface area contributed by atoms with Crippen LogP contribution >= 0.6 is 0 Å². The lowest BCUT2D eigenvalue weighted by Gasteiger charge is -2.29. The van der Waals surface area contributed by atoms with E-state index in [1.807, 2.05) is 0 Å². The molecule has 2 aromatic rings. The van der Waals surface area contributed by atoms with E-state index in [9.17, 15) is 23.1 Å². The van der Waals surface area contributed by atoms with Crippen LogP contribution in [0, 0.1) is 23.4 Å². The van der Waals surface area contributed by atoms with Gasteiger partial charge >= 0.3 is 0 Å². The quantitative estimate of drug-likeness (QED) is 0.372. The molecule has 0 unspecified atom stereocenters. The summed E-state index contributed by atoms with van der Waals surface area (Å²) in [4.78, 5) is 12.4. The van der Waals surface area contributed by atoms with Crippen LogP contribution in [-0.2, 0) is 6.42 Å². The minimum atomic E-state index is -0.977. The van der Waals surface area contributed by atoms with Gasteiger partial charge in [-0.25, -0.2) is 8.78 Å². The molecule has 3 nitrogen and oxygen atoms in total. The van der Waals surface area contributed by atoms with Crippen molar-refractivity contribution in [2.24, 2.45) is 5.92 Å². The molecule has 0 aromatic heterocycles. The molecule has 0 saturated heterocycles. The number of ether oxygens (including phenoxy) is 1. The highest BCUT2D eigenvalue weighted by atomic mass is 19.2. The van der Waals surface area contributed by atoms with Gasteiger partial charge < -0.3 is 9.84 Å². The molecule has 2 aromatic carbocycles. The van der Waals surface area contributed by atoms with Gasteiger partial charge in [0, 0.05) is 6.42 Å².